The molecule has 0 heterocycles. The van der Waals surface area contributed by atoms with E-state index in [1.165, 1.54) is 0 Å². The van der Waals surface area contributed by atoms with Crippen molar-refractivity contribution in [2.75, 3.05) is 13.7 Å². The Morgan fingerprint density at radius 1 is 1.47 bits per heavy atom. The molecule has 0 saturated heterocycles. The summed E-state index contributed by atoms with van der Waals surface area (Å²) in [7, 11) is 1.65. The van der Waals surface area contributed by atoms with Crippen molar-refractivity contribution in [3.05, 3.63) is 28.2 Å². The number of halogens is 1. The van der Waals surface area contributed by atoms with Gasteiger partial charge in [-0.15, -0.1) is 0 Å². The fraction of sp³-hybridized carbons (Fsp3) is 0.538. The van der Waals surface area contributed by atoms with Crippen LogP contribution >= 0.6 is 15.9 Å². The summed E-state index contributed by atoms with van der Waals surface area (Å²) in [6.07, 6.45) is 0.742. The van der Waals surface area contributed by atoms with E-state index in [2.05, 4.69) is 21.2 Å². The van der Waals surface area contributed by atoms with Crippen LogP contribution in [0.5, 0.6) is 5.75 Å². The molecule has 0 spiro atoms. The van der Waals surface area contributed by atoms with Gasteiger partial charge in [0.15, 0.2) is 0 Å². The largest absolute Gasteiger partial charge is 0.496 e. The van der Waals surface area contributed by atoms with E-state index >= 15 is 0 Å². The molecule has 4 heteroatoms. The minimum Gasteiger partial charge on any atom is -0.496 e. The second-order valence-electron chi connectivity index (χ2n) is 4.42. The molecule has 1 aromatic rings. The van der Waals surface area contributed by atoms with E-state index in [1.54, 1.807) is 7.11 Å². The number of methoxy groups -OCH3 is 1. The van der Waals surface area contributed by atoms with Gasteiger partial charge in [-0.25, -0.2) is 0 Å². The van der Waals surface area contributed by atoms with Gasteiger partial charge in [-0.1, -0.05) is 13.0 Å². The van der Waals surface area contributed by atoms with Crippen LogP contribution in [-0.2, 0) is 6.54 Å². The van der Waals surface area contributed by atoms with E-state index in [0.29, 0.717) is 6.54 Å². The van der Waals surface area contributed by atoms with Gasteiger partial charge in [0, 0.05) is 13.1 Å². The van der Waals surface area contributed by atoms with E-state index in [9.17, 15) is 5.11 Å². The lowest BCUT2D eigenvalue weighted by molar-refractivity contribution is 0.0555. The van der Waals surface area contributed by atoms with Crippen molar-refractivity contribution in [3.63, 3.8) is 0 Å². The molecule has 0 fully saturated rings. The molecule has 1 atom stereocenters. The molecular formula is C13H20BrNO2. The molecule has 0 aliphatic heterocycles. The summed E-state index contributed by atoms with van der Waals surface area (Å²) in [6.45, 7) is 5.14. The summed E-state index contributed by atoms with van der Waals surface area (Å²) in [6, 6.07) is 5.96. The van der Waals surface area contributed by atoms with Gasteiger partial charge >= 0.3 is 0 Å². The van der Waals surface area contributed by atoms with Crippen LogP contribution in [0.25, 0.3) is 0 Å². The first-order chi connectivity index (χ1) is 7.98. The van der Waals surface area contributed by atoms with E-state index in [4.69, 9.17) is 4.74 Å². The highest BCUT2D eigenvalue weighted by molar-refractivity contribution is 9.10. The van der Waals surface area contributed by atoms with Crippen LogP contribution in [0.4, 0.5) is 0 Å². The van der Waals surface area contributed by atoms with Crippen LogP contribution < -0.4 is 10.1 Å². The summed E-state index contributed by atoms with van der Waals surface area (Å²) in [5, 5.41) is 13.1. The van der Waals surface area contributed by atoms with Crippen molar-refractivity contribution in [2.45, 2.75) is 32.4 Å². The molecule has 1 rings (SSSR count). The topological polar surface area (TPSA) is 41.5 Å². The maximum absolute atomic E-state index is 9.85. The molecular weight excluding hydrogens is 282 g/mol. The third kappa shape index (κ3) is 4.66. The number of nitrogens with one attached hydrogen (secondary N) is 1. The second kappa shape index (κ2) is 6.38. The highest BCUT2D eigenvalue weighted by Crippen LogP contribution is 2.25. The fourth-order valence-electron chi connectivity index (χ4n) is 1.42. The van der Waals surface area contributed by atoms with Gasteiger partial charge in [-0.2, -0.15) is 0 Å². The van der Waals surface area contributed by atoms with Gasteiger partial charge in [-0.3, -0.25) is 0 Å². The number of benzene rings is 1. The predicted molar refractivity (Wildman–Crippen MR) is 73.3 cm³/mol. The first kappa shape index (κ1) is 14.5. The standard InChI is InChI=1S/C13H20BrNO2/c1-4-13(2,16)9-15-8-10-5-6-12(17-3)11(14)7-10/h5-7,15-16H,4,8-9H2,1-3H3. The SMILES string of the molecule is CCC(C)(O)CNCc1ccc(OC)c(Br)c1. The normalized spacial score (nSPS) is 14.4. The number of rotatable bonds is 6. The van der Waals surface area contributed by atoms with E-state index < -0.39 is 5.60 Å². The molecule has 0 amide bonds. The summed E-state index contributed by atoms with van der Waals surface area (Å²) in [5.74, 6) is 0.828. The quantitative estimate of drug-likeness (QED) is 0.849. The smallest absolute Gasteiger partial charge is 0.133 e. The molecule has 17 heavy (non-hydrogen) atoms. The molecule has 0 bridgehead atoms. The maximum Gasteiger partial charge on any atom is 0.133 e. The Morgan fingerprint density at radius 3 is 2.71 bits per heavy atom. The number of hydrogen-bond donors (Lipinski definition) is 2. The van der Waals surface area contributed by atoms with Crippen molar-refractivity contribution in [3.8, 4) is 5.75 Å². The van der Waals surface area contributed by atoms with Crippen molar-refractivity contribution < 1.29 is 9.84 Å². The zero-order valence-corrected chi connectivity index (χ0v) is 12.2. The molecule has 96 valence electrons. The van der Waals surface area contributed by atoms with Gasteiger partial charge < -0.3 is 15.2 Å². The van der Waals surface area contributed by atoms with Crippen LogP contribution in [0.3, 0.4) is 0 Å². The zero-order valence-electron chi connectivity index (χ0n) is 10.6. The third-order valence-electron chi connectivity index (χ3n) is 2.81. The maximum atomic E-state index is 9.85. The molecule has 0 aliphatic rings. The van der Waals surface area contributed by atoms with Crippen LogP contribution in [0, 0.1) is 0 Å². The highest BCUT2D eigenvalue weighted by atomic mass is 79.9. The van der Waals surface area contributed by atoms with Crippen molar-refractivity contribution in [1.29, 1.82) is 0 Å². The zero-order chi connectivity index (χ0) is 12.9. The van der Waals surface area contributed by atoms with Gasteiger partial charge in [-0.05, 0) is 47.0 Å². The van der Waals surface area contributed by atoms with Crippen LogP contribution in [-0.4, -0.2) is 24.4 Å². The fourth-order valence-corrected chi connectivity index (χ4v) is 2.01. The van der Waals surface area contributed by atoms with Crippen molar-refractivity contribution in [1.82, 2.24) is 5.32 Å². The molecule has 0 saturated carbocycles. The van der Waals surface area contributed by atoms with Crippen LogP contribution in [0.2, 0.25) is 0 Å². The Labute approximate surface area is 111 Å². The Bertz CT molecular complexity index is 366. The molecule has 3 nitrogen and oxygen atoms in total. The van der Waals surface area contributed by atoms with Crippen molar-refractivity contribution in [2.24, 2.45) is 0 Å². The summed E-state index contributed by atoms with van der Waals surface area (Å²) in [5.41, 5.74) is 0.522. The molecule has 0 aliphatic carbocycles. The minimum atomic E-state index is -0.635. The Hall–Kier alpha value is -0.580. The molecule has 1 aromatic carbocycles. The first-order valence-corrected chi connectivity index (χ1v) is 6.53. The lowest BCUT2D eigenvalue weighted by atomic mass is 10.0. The average Bonchev–Trinajstić information content (AvgIpc) is 2.29. The summed E-state index contributed by atoms with van der Waals surface area (Å²) in [4.78, 5) is 0. The number of hydrogen-bond acceptors (Lipinski definition) is 3. The number of ether oxygens (including phenoxy) is 1. The van der Waals surface area contributed by atoms with E-state index in [-0.39, 0.29) is 0 Å². The summed E-state index contributed by atoms with van der Waals surface area (Å²) >= 11 is 3.45. The molecule has 1 unspecified atom stereocenters. The number of aliphatic hydroxyl groups is 1. The lowest BCUT2D eigenvalue weighted by Gasteiger charge is -2.21. The Kier molecular flexibility index (Phi) is 5.43. The van der Waals surface area contributed by atoms with E-state index in [1.807, 2.05) is 32.0 Å². The predicted octanol–water partition coefficient (Wildman–Crippen LogP) is 2.71. The van der Waals surface area contributed by atoms with Gasteiger partial charge in [0.1, 0.15) is 5.75 Å². The van der Waals surface area contributed by atoms with E-state index in [0.717, 1.165) is 28.8 Å². The lowest BCUT2D eigenvalue weighted by Crippen LogP contribution is -2.36. The molecule has 2 N–H and O–H groups in total. The van der Waals surface area contributed by atoms with Gasteiger partial charge in [0.05, 0.1) is 17.2 Å². The van der Waals surface area contributed by atoms with Crippen molar-refractivity contribution >= 4 is 15.9 Å². The molecule has 0 aromatic heterocycles. The second-order valence-corrected chi connectivity index (χ2v) is 5.28. The first-order valence-electron chi connectivity index (χ1n) is 5.74. The summed E-state index contributed by atoms with van der Waals surface area (Å²) < 4.78 is 6.11. The van der Waals surface area contributed by atoms with Gasteiger partial charge in [0.2, 0.25) is 0 Å². The molecule has 0 radical (unpaired) electrons. The third-order valence-corrected chi connectivity index (χ3v) is 3.43. The Morgan fingerprint density at radius 2 is 2.18 bits per heavy atom. The monoisotopic (exact) mass is 301 g/mol. The highest BCUT2D eigenvalue weighted by Gasteiger charge is 2.16. The van der Waals surface area contributed by atoms with Crippen LogP contribution in [0.1, 0.15) is 25.8 Å². The Balaban J connectivity index is 2.50. The minimum absolute atomic E-state index is 0.590. The van der Waals surface area contributed by atoms with Gasteiger partial charge in [0.25, 0.3) is 0 Å². The van der Waals surface area contributed by atoms with Crippen LogP contribution in [0.15, 0.2) is 22.7 Å². The average molecular weight is 302 g/mol.